The van der Waals surface area contributed by atoms with Crippen LogP contribution in [-0.2, 0) is 28.4 Å². The summed E-state index contributed by atoms with van der Waals surface area (Å²) < 4.78 is 33.3. The minimum absolute atomic E-state index is 0.252. The van der Waals surface area contributed by atoms with Crippen molar-refractivity contribution < 1.29 is 13.2 Å². The smallest absolute Gasteiger partial charge is 0.242 e. The van der Waals surface area contributed by atoms with Crippen molar-refractivity contribution in [2.24, 2.45) is 12.8 Å². The summed E-state index contributed by atoms with van der Waals surface area (Å²) in [6.07, 6.45) is 2.22. The Morgan fingerprint density at radius 3 is 2.78 bits per heavy atom. The van der Waals surface area contributed by atoms with Crippen LogP contribution in [0.2, 0.25) is 0 Å². The molecule has 0 bridgehead atoms. The number of hydrogen-bond acceptors (Lipinski definition) is 4. The Kier molecular flexibility index (Phi) is 5.80. The number of aryl methyl sites for hydroxylation is 1. The topological polar surface area (TPSA) is 86.3 Å². The predicted molar refractivity (Wildman–Crippen MR) is 69.6 cm³/mol. The minimum atomic E-state index is -3.44. The van der Waals surface area contributed by atoms with Gasteiger partial charge in [-0.1, -0.05) is 0 Å². The van der Waals surface area contributed by atoms with E-state index in [1.165, 1.54) is 0 Å². The molecule has 1 aromatic heterocycles. The molecule has 1 rings (SSSR count). The van der Waals surface area contributed by atoms with Gasteiger partial charge in [0, 0.05) is 45.2 Å². The van der Waals surface area contributed by atoms with Gasteiger partial charge < -0.3 is 15.0 Å². The number of nitrogens with zero attached hydrogens (tertiary/aromatic N) is 1. The SMILES string of the molecule is CCOCCCNS(=O)(=O)c1cc(CN)n(C)c1. The second-order valence-corrected chi connectivity index (χ2v) is 5.70. The number of hydrogen-bond donors (Lipinski definition) is 2. The quantitative estimate of drug-likeness (QED) is 0.663. The van der Waals surface area contributed by atoms with Crippen LogP contribution in [0.1, 0.15) is 19.0 Å². The van der Waals surface area contributed by atoms with Crippen molar-refractivity contribution >= 4 is 10.0 Å². The van der Waals surface area contributed by atoms with E-state index in [2.05, 4.69) is 4.72 Å². The Morgan fingerprint density at radius 1 is 1.50 bits per heavy atom. The average Bonchev–Trinajstić information content (AvgIpc) is 2.71. The molecule has 0 aliphatic rings. The molecule has 7 heteroatoms. The lowest BCUT2D eigenvalue weighted by atomic mass is 10.4. The molecule has 3 N–H and O–H groups in total. The monoisotopic (exact) mass is 275 g/mol. The number of nitrogens with two attached hydrogens (primary N) is 1. The van der Waals surface area contributed by atoms with Crippen molar-refractivity contribution in [1.82, 2.24) is 9.29 Å². The third kappa shape index (κ3) is 4.09. The molecule has 1 heterocycles. The second kappa shape index (κ2) is 6.89. The Hall–Kier alpha value is -0.890. The zero-order valence-corrected chi connectivity index (χ0v) is 11.7. The molecule has 18 heavy (non-hydrogen) atoms. The third-order valence-electron chi connectivity index (χ3n) is 2.56. The van der Waals surface area contributed by atoms with Gasteiger partial charge in [-0.15, -0.1) is 0 Å². The van der Waals surface area contributed by atoms with Gasteiger partial charge in [0.15, 0.2) is 0 Å². The van der Waals surface area contributed by atoms with Crippen LogP contribution in [0, 0.1) is 0 Å². The molecule has 0 atom stereocenters. The van der Waals surface area contributed by atoms with Crippen LogP contribution < -0.4 is 10.5 Å². The summed E-state index contributed by atoms with van der Waals surface area (Å²) in [7, 11) is -1.67. The first-order valence-electron chi connectivity index (χ1n) is 5.94. The van der Waals surface area contributed by atoms with Gasteiger partial charge in [-0.25, -0.2) is 13.1 Å². The lowest BCUT2D eigenvalue weighted by Crippen LogP contribution is -2.25. The minimum Gasteiger partial charge on any atom is -0.382 e. The zero-order chi connectivity index (χ0) is 13.6. The maximum atomic E-state index is 11.9. The Labute approximate surface area is 108 Å². The standard InChI is InChI=1S/C11H21N3O3S/c1-3-17-6-4-5-13-18(15,16)11-7-10(8-12)14(2)9-11/h7,9,13H,3-6,8,12H2,1-2H3. The summed E-state index contributed by atoms with van der Waals surface area (Å²) in [5.74, 6) is 0. The first-order valence-corrected chi connectivity index (χ1v) is 7.42. The molecule has 0 aromatic carbocycles. The van der Waals surface area contributed by atoms with Gasteiger partial charge in [0.25, 0.3) is 0 Å². The highest BCUT2D eigenvalue weighted by molar-refractivity contribution is 7.89. The van der Waals surface area contributed by atoms with E-state index in [0.717, 1.165) is 5.69 Å². The summed E-state index contributed by atoms with van der Waals surface area (Å²) in [5.41, 5.74) is 6.29. The van der Waals surface area contributed by atoms with E-state index in [1.54, 1.807) is 23.9 Å². The van der Waals surface area contributed by atoms with Gasteiger partial charge >= 0.3 is 0 Å². The first-order chi connectivity index (χ1) is 8.51. The molecule has 0 amide bonds. The van der Waals surface area contributed by atoms with Crippen LogP contribution in [-0.4, -0.2) is 32.7 Å². The summed E-state index contributed by atoms with van der Waals surface area (Å²) in [4.78, 5) is 0.252. The summed E-state index contributed by atoms with van der Waals surface area (Å²) in [6, 6.07) is 1.59. The fourth-order valence-corrected chi connectivity index (χ4v) is 2.70. The lowest BCUT2D eigenvalue weighted by Gasteiger charge is -2.04. The van der Waals surface area contributed by atoms with Gasteiger partial charge in [0.2, 0.25) is 10.0 Å². The number of aromatic nitrogens is 1. The highest BCUT2D eigenvalue weighted by atomic mass is 32.2. The van der Waals surface area contributed by atoms with Crippen LogP contribution in [0.15, 0.2) is 17.2 Å². The zero-order valence-electron chi connectivity index (χ0n) is 10.8. The maximum Gasteiger partial charge on any atom is 0.242 e. The summed E-state index contributed by atoms with van der Waals surface area (Å²) in [5, 5.41) is 0. The maximum absolute atomic E-state index is 11.9. The van der Waals surface area contributed by atoms with Crippen LogP contribution in [0.5, 0.6) is 0 Å². The average molecular weight is 275 g/mol. The predicted octanol–water partition coefficient (Wildman–Crippen LogP) is 0.189. The third-order valence-corrected chi connectivity index (χ3v) is 3.99. The molecular weight excluding hydrogens is 254 g/mol. The summed E-state index contributed by atoms with van der Waals surface area (Å²) in [6.45, 7) is 3.79. The lowest BCUT2D eigenvalue weighted by molar-refractivity contribution is 0.146. The van der Waals surface area contributed by atoms with Crippen molar-refractivity contribution in [2.45, 2.75) is 24.8 Å². The number of rotatable bonds is 8. The largest absolute Gasteiger partial charge is 0.382 e. The number of ether oxygens (including phenoxy) is 1. The van der Waals surface area contributed by atoms with Crippen molar-refractivity contribution in [2.75, 3.05) is 19.8 Å². The van der Waals surface area contributed by atoms with E-state index in [4.69, 9.17) is 10.5 Å². The highest BCUT2D eigenvalue weighted by Crippen LogP contribution is 2.12. The Morgan fingerprint density at radius 2 is 2.22 bits per heavy atom. The van der Waals surface area contributed by atoms with Gasteiger partial charge in [-0.2, -0.15) is 0 Å². The van der Waals surface area contributed by atoms with E-state index in [0.29, 0.717) is 32.7 Å². The van der Waals surface area contributed by atoms with Gasteiger partial charge in [0.1, 0.15) is 0 Å². The number of nitrogens with one attached hydrogen (secondary N) is 1. The highest BCUT2D eigenvalue weighted by Gasteiger charge is 2.16. The molecular formula is C11H21N3O3S. The van der Waals surface area contributed by atoms with E-state index < -0.39 is 10.0 Å². The molecule has 0 aliphatic carbocycles. The summed E-state index contributed by atoms with van der Waals surface area (Å²) >= 11 is 0. The molecule has 0 spiro atoms. The van der Waals surface area contributed by atoms with Crippen molar-refractivity contribution in [1.29, 1.82) is 0 Å². The second-order valence-electron chi connectivity index (χ2n) is 3.93. The van der Waals surface area contributed by atoms with Crippen LogP contribution >= 0.6 is 0 Å². The molecule has 6 nitrogen and oxygen atoms in total. The number of sulfonamides is 1. The van der Waals surface area contributed by atoms with Gasteiger partial charge in [-0.3, -0.25) is 0 Å². The van der Waals surface area contributed by atoms with Crippen molar-refractivity contribution in [3.05, 3.63) is 18.0 Å². The van der Waals surface area contributed by atoms with E-state index in [9.17, 15) is 8.42 Å². The molecule has 0 radical (unpaired) electrons. The molecule has 0 aliphatic heterocycles. The van der Waals surface area contributed by atoms with Crippen LogP contribution in [0.3, 0.4) is 0 Å². The molecule has 0 fully saturated rings. The van der Waals surface area contributed by atoms with E-state index >= 15 is 0 Å². The van der Waals surface area contributed by atoms with Crippen molar-refractivity contribution in [3.8, 4) is 0 Å². The first kappa shape index (κ1) is 15.2. The molecule has 0 saturated carbocycles. The molecule has 0 unspecified atom stereocenters. The fraction of sp³-hybridized carbons (Fsp3) is 0.636. The normalized spacial score (nSPS) is 11.9. The van der Waals surface area contributed by atoms with Gasteiger partial charge in [0.05, 0.1) is 4.90 Å². The van der Waals surface area contributed by atoms with Crippen molar-refractivity contribution in [3.63, 3.8) is 0 Å². The van der Waals surface area contributed by atoms with Crippen LogP contribution in [0.4, 0.5) is 0 Å². The Balaban J connectivity index is 2.57. The van der Waals surface area contributed by atoms with Gasteiger partial charge in [-0.05, 0) is 19.4 Å². The Bertz CT molecular complexity index is 468. The van der Waals surface area contributed by atoms with E-state index in [-0.39, 0.29) is 4.90 Å². The molecule has 104 valence electrons. The molecule has 1 aromatic rings. The van der Waals surface area contributed by atoms with Crippen LogP contribution in [0.25, 0.3) is 0 Å². The fourth-order valence-electron chi connectivity index (χ4n) is 1.54. The molecule has 0 saturated heterocycles. The van der Waals surface area contributed by atoms with E-state index in [1.807, 2.05) is 6.92 Å².